The molecule has 0 radical (unpaired) electrons. The van der Waals surface area contributed by atoms with E-state index in [2.05, 4.69) is 9.88 Å². The van der Waals surface area contributed by atoms with Crippen molar-refractivity contribution >= 4 is 11.3 Å². The zero-order valence-electron chi connectivity index (χ0n) is 17.8. The van der Waals surface area contributed by atoms with Gasteiger partial charge in [0, 0.05) is 37.8 Å². The molecule has 0 aliphatic carbocycles. The molecule has 1 aromatic carbocycles. The van der Waals surface area contributed by atoms with E-state index in [-0.39, 0.29) is 5.56 Å². The highest BCUT2D eigenvalue weighted by atomic mass is 32.1. The van der Waals surface area contributed by atoms with Gasteiger partial charge in [-0.15, -0.1) is 11.3 Å². The summed E-state index contributed by atoms with van der Waals surface area (Å²) < 4.78 is 7.55. The quantitative estimate of drug-likeness (QED) is 0.422. The second kappa shape index (κ2) is 8.31. The van der Waals surface area contributed by atoms with Crippen molar-refractivity contribution in [1.82, 2.24) is 24.6 Å². The first-order valence-corrected chi connectivity index (χ1v) is 11.7. The van der Waals surface area contributed by atoms with E-state index in [1.807, 2.05) is 70.9 Å². The van der Waals surface area contributed by atoms with Gasteiger partial charge in [0.2, 0.25) is 0 Å². The largest absolute Gasteiger partial charge is 0.463 e. The van der Waals surface area contributed by atoms with E-state index in [4.69, 9.17) is 14.5 Å². The molecular weight excluding hydrogens is 434 g/mol. The topological polar surface area (TPSA) is 80.0 Å². The Hall–Kier alpha value is -3.75. The van der Waals surface area contributed by atoms with Crippen molar-refractivity contribution in [2.45, 2.75) is 19.5 Å². The van der Waals surface area contributed by atoms with Crippen LogP contribution in [0.5, 0.6) is 0 Å². The maximum absolute atomic E-state index is 12.9. The molecule has 0 saturated carbocycles. The molecule has 1 aliphatic heterocycles. The Morgan fingerprint density at radius 1 is 1.09 bits per heavy atom. The summed E-state index contributed by atoms with van der Waals surface area (Å²) in [6.45, 7) is 2.03. The van der Waals surface area contributed by atoms with Gasteiger partial charge < -0.3 is 9.40 Å². The molecule has 8 heteroatoms. The highest BCUT2D eigenvalue weighted by molar-refractivity contribution is 7.13. The molecule has 7 nitrogen and oxygen atoms in total. The first-order chi connectivity index (χ1) is 16.2. The molecular formula is C25H21N5O2S. The normalized spacial score (nSPS) is 13.8. The lowest BCUT2D eigenvalue weighted by molar-refractivity contribution is 0.242. The SMILES string of the molecule is O=c1[nH]c(-c2cccs2)nc2c1CN(Cc1cn(-c3ccccc3)nc1-c1ccco1)CC2. The van der Waals surface area contributed by atoms with Crippen LogP contribution in [0.4, 0.5) is 0 Å². The van der Waals surface area contributed by atoms with Crippen LogP contribution in [0.1, 0.15) is 16.8 Å². The Labute approximate surface area is 194 Å². The average molecular weight is 456 g/mol. The standard InChI is InChI=1S/C25H21N5O2S/c31-25-19-16-29(11-10-20(19)26-24(27-25)22-9-5-13-33-22)14-17-15-30(18-6-2-1-3-7-18)28-23(17)21-8-4-12-32-21/h1-9,12-13,15H,10-11,14,16H2,(H,26,27,31). The van der Waals surface area contributed by atoms with Crippen molar-refractivity contribution in [2.75, 3.05) is 6.54 Å². The Morgan fingerprint density at radius 3 is 2.79 bits per heavy atom. The maximum Gasteiger partial charge on any atom is 0.255 e. The second-order valence-electron chi connectivity index (χ2n) is 8.04. The lowest BCUT2D eigenvalue weighted by Crippen LogP contribution is -2.35. The van der Waals surface area contributed by atoms with Crippen molar-refractivity contribution < 1.29 is 4.42 Å². The van der Waals surface area contributed by atoms with Crippen molar-refractivity contribution in [1.29, 1.82) is 0 Å². The molecule has 33 heavy (non-hydrogen) atoms. The van der Waals surface area contributed by atoms with Gasteiger partial charge in [-0.3, -0.25) is 9.69 Å². The van der Waals surface area contributed by atoms with Crippen LogP contribution >= 0.6 is 11.3 Å². The number of para-hydroxylation sites is 1. The number of benzene rings is 1. The minimum absolute atomic E-state index is 0.0562. The van der Waals surface area contributed by atoms with Gasteiger partial charge in [-0.05, 0) is 35.7 Å². The summed E-state index contributed by atoms with van der Waals surface area (Å²) in [6, 6.07) is 17.8. The summed E-state index contributed by atoms with van der Waals surface area (Å²) >= 11 is 1.58. The molecule has 5 aromatic rings. The van der Waals surface area contributed by atoms with E-state index in [0.29, 0.717) is 18.9 Å². The molecule has 0 unspecified atom stereocenters. The minimum atomic E-state index is -0.0562. The van der Waals surface area contributed by atoms with Crippen LogP contribution < -0.4 is 5.56 Å². The van der Waals surface area contributed by atoms with E-state index in [0.717, 1.165) is 51.8 Å². The van der Waals surface area contributed by atoms with Gasteiger partial charge in [0.1, 0.15) is 5.69 Å². The third-order valence-corrected chi connectivity index (χ3v) is 6.74. The lowest BCUT2D eigenvalue weighted by Gasteiger charge is -2.27. The number of hydrogen-bond donors (Lipinski definition) is 1. The molecule has 0 spiro atoms. The Bertz CT molecular complexity index is 1440. The zero-order chi connectivity index (χ0) is 22.2. The zero-order valence-corrected chi connectivity index (χ0v) is 18.6. The van der Waals surface area contributed by atoms with Gasteiger partial charge in [-0.1, -0.05) is 24.3 Å². The average Bonchev–Trinajstić information content (AvgIpc) is 3.61. The molecule has 1 aliphatic rings. The Balaban J connectivity index is 1.30. The van der Waals surface area contributed by atoms with Crippen molar-refractivity contribution in [2.24, 2.45) is 0 Å². The summed E-state index contributed by atoms with van der Waals surface area (Å²) in [5.41, 5.74) is 4.44. The number of nitrogens with one attached hydrogen (secondary N) is 1. The van der Waals surface area contributed by atoms with Gasteiger partial charge in [0.15, 0.2) is 11.6 Å². The van der Waals surface area contributed by atoms with Crippen LogP contribution in [-0.2, 0) is 19.5 Å². The molecule has 0 bridgehead atoms. The van der Waals surface area contributed by atoms with Crippen LogP contribution in [0, 0.1) is 0 Å². The first kappa shape index (κ1) is 19.9. The number of hydrogen-bond acceptors (Lipinski definition) is 6. The molecule has 1 N–H and O–H groups in total. The molecule has 164 valence electrons. The summed E-state index contributed by atoms with van der Waals surface area (Å²) in [7, 11) is 0. The third kappa shape index (κ3) is 3.83. The fourth-order valence-electron chi connectivity index (χ4n) is 4.25. The van der Waals surface area contributed by atoms with E-state index >= 15 is 0 Å². The maximum atomic E-state index is 12.9. The first-order valence-electron chi connectivity index (χ1n) is 10.8. The molecule has 0 amide bonds. The Kier molecular flexibility index (Phi) is 5.01. The smallest absolute Gasteiger partial charge is 0.255 e. The van der Waals surface area contributed by atoms with Gasteiger partial charge in [0.05, 0.1) is 28.1 Å². The number of H-pyrrole nitrogens is 1. The van der Waals surface area contributed by atoms with Gasteiger partial charge in [0.25, 0.3) is 5.56 Å². The monoisotopic (exact) mass is 455 g/mol. The molecule has 4 aromatic heterocycles. The van der Waals surface area contributed by atoms with Gasteiger partial charge in [-0.25, -0.2) is 9.67 Å². The number of aromatic amines is 1. The predicted molar refractivity (Wildman–Crippen MR) is 127 cm³/mol. The van der Waals surface area contributed by atoms with Crippen LogP contribution in [0.2, 0.25) is 0 Å². The van der Waals surface area contributed by atoms with Crippen molar-refractivity contribution in [3.63, 3.8) is 0 Å². The van der Waals surface area contributed by atoms with Gasteiger partial charge >= 0.3 is 0 Å². The van der Waals surface area contributed by atoms with E-state index in [1.165, 1.54) is 0 Å². The molecule has 0 saturated heterocycles. The predicted octanol–water partition coefficient (Wildman–Crippen LogP) is 4.50. The summed E-state index contributed by atoms with van der Waals surface area (Å²) in [5.74, 6) is 1.39. The Morgan fingerprint density at radius 2 is 2.00 bits per heavy atom. The minimum Gasteiger partial charge on any atom is -0.463 e. The number of nitrogens with zero attached hydrogens (tertiary/aromatic N) is 4. The summed E-state index contributed by atoms with van der Waals surface area (Å²) in [6.07, 6.45) is 4.44. The van der Waals surface area contributed by atoms with Crippen LogP contribution in [0.15, 0.2) is 81.6 Å². The number of rotatable bonds is 5. The van der Waals surface area contributed by atoms with Crippen LogP contribution in [0.3, 0.4) is 0 Å². The molecule has 5 heterocycles. The van der Waals surface area contributed by atoms with Crippen molar-refractivity contribution in [3.8, 4) is 27.8 Å². The summed E-state index contributed by atoms with van der Waals surface area (Å²) in [5, 5.41) is 6.80. The van der Waals surface area contributed by atoms with E-state index in [9.17, 15) is 4.79 Å². The van der Waals surface area contributed by atoms with Gasteiger partial charge in [-0.2, -0.15) is 5.10 Å². The second-order valence-corrected chi connectivity index (χ2v) is 8.99. The number of aromatic nitrogens is 4. The number of furan rings is 1. The molecule has 0 fully saturated rings. The highest BCUT2D eigenvalue weighted by Gasteiger charge is 2.24. The van der Waals surface area contributed by atoms with E-state index < -0.39 is 0 Å². The highest BCUT2D eigenvalue weighted by Crippen LogP contribution is 2.27. The van der Waals surface area contributed by atoms with Crippen LogP contribution in [-0.4, -0.2) is 31.2 Å². The van der Waals surface area contributed by atoms with Crippen LogP contribution in [0.25, 0.3) is 27.8 Å². The molecule has 0 atom stereocenters. The fourth-order valence-corrected chi connectivity index (χ4v) is 4.92. The van der Waals surface area contributed by atoms with E-state index in [1.54, 1.807) is 17.6 Å². The third-order valence-electron chi connectivity index (χ3n) is 5.86. The summed E-state index contributed by atoms with van der Waals surface area (Å²) in [4.78, 5) is 23.8. The lowest BCUT2D eigenvalue weighted by atomic mass is 10.1. The van der Waals surface area contributed by atoms with Crippen molar-refractivity contribution in [3.05, 3.63) is 99.6 Å². The number of thiophene rings is 1. The number of fused-ring (bicyclic) bond motifs is 1. The fraction of sp³-hybridized carbons (Fsp3) is 0.160. The molecule has 6 rings (SSSR count).